The zero-order valence-electron chi connectivity index (χ0n) is 14.6. The highest BCUT2D eigenvalue weighted by molar-refractivity contribution is 7.99. The van der Waals surface area contributed by atoms with Crippen LogP contribution in [0.1, 0.15) is 36.1 Å². The van der Waals surface area contributed by atoms with Crippen molar-refractivity contribution in [1.29, 1.82) is 0 Å². The van der Waals surface area contributed by atoms with Crippen molar-refractivity contribution in [2.45, 2.75) is 43.7 Å². The maximum Gasteiger partial charge on any atom is 0.260 e. The van der Waals surface area contributed by atoms with Gasteiger partial charge in [-0.05, 0) is 56.2 Å². The molecule has 0 atom stereocenters. The standard InChI is InChI=1S/C20H22N2O2S2/c23-18-17-15-10-4-5-11-16(15)26-19(17)22-20(21-18)25-13-7-6-12-24-14-8-2-1-3-9-14/h1-3,8-9H,4-7,10-13H2,(H,21,22,23). The molecule has 136 valence electrons. The van der Waals surface area contributed by atoms with Crippen LogP contribution in [0.2, 0.25) is 0 Å². The summed E-state index contributed by atoms with van der Waals surface area (Å²) in [6.07, 6.45) is 6.54. The first-order chi connectivity index (χ1) is 12.8. The molecular weight excluding hydrogens is 364 g/mol. The number of thiophene rings is 1. The van der Waals surface area contributed by atoms with Crippen molar-refractivity contribution in [3.8, 4) is 5.75 Å². The van der Waals surface area contributed by atoms with Gasteiger partial charge in [-0.1, -0.05) is 30.0 Å². The van der Waals surface area contributed by atoms with Crippen LogP contribution in [0.3, 0.4) is 0 Å². The van der Waals surface area contributed by atoms with E-state index in [1.165, 1.54) is 23.3 Å². The average Bonchev–Trinajstić information content (AvgIpc) is 3.04. The summed E-state index contributed by atoms with van der Waals surface area (Å²) in [5.74, 6) is 1.84. The number of nitrogens with zero attached hydrogens (tertiary/aromatic N) is 1. The zero-order valence-corrected chi connectivity index (χ0v) is 16.3. The molecule has 4 rings (SSSR count). The Hall–Kier alpha value is -1.79. The molecule has 1 aromatic carbocycles. The summed E-state index contributed by atoms with van der Waals surface area (Å²) >= 11 is 3.33. The number of aromatic amines is 1. The van der Waals surface area contributed by atoms with Gasteiger partial charge in [-0.25, -0.2) is 4.98 Å². The number of para-hydroxylation sites is 1. The number of benzene rings is 1. The smallest absolute Gasteiger partial charge is 0.260 e. The highest BCUT2D eigenvalue weighted by Crippen LogP contribution is 2.34. The maximum atomic E-state index is 12.5. The van der Waals surface area contributed by atoms with Gasteiger partial charge >= 0.3 is 0 Å². The van der Waals surface area contributed by atoms with Gasteiger partial charge in [0.25, 0.3) is 5.56 Å². The van der Waals surface area contributed by atoms with Crippen molar-refractivity contribution < 1.29 is 4.74 Å². The largest absolute Gasteiger partial charge is 0.494 e. The summed E-state index contributed by atoms with van der Waals surface area (Å²) in [5.41, 5.74) is 1.28. The summed E-state index contributed by atoms with van der Waals surface area (Å²) in [6, 6.07) is 9.88. The third-order valence-electron chi connectivity index (χ3n) is 4.59. The normalized spacial score (nSPS) is 13.7. The minimum absolute atomic E-state index is 0.0318. The maximum absolute atomic E-state index is 12.5. The number of hydrogen-bond donors (Lipinski definition) is 1. The fourth-order valence-electron chi connectivity index (χ4n) is 3.29. The SMILES string of the molecule is O=c1[nH]c(SCCCCOc2ccccc2)nc2sc3c(c12)CCCC3. The van der Waals surface area contributed by atoms with Gasteiger partial charge in [0.15, 0.2) is 5.16 Å². The van der Waals surface area contributed by atoms with Crippen molar-refractivity contribution in [1.82, 2.24) is 9.97 Å². The Morgan fingerprint density at radius 1 is 1.15 bits per heavy atom. The summed E-state index contributed by atoms with van der Waals surface area (Å²) in [4.78, 5) is 22.5. The lowest BCUT2D eigenvalue weighted by Crippen LogP contribution is -2.11. The summed E-state index contributed by atoms with van der Waals surface area (Å²) in [6.45, 7) is 0.713. The van der Waals surface area contributed by atoms with Crippen LogP contribution >= 0.6 is 23.1 Å². The van der Waals surface area contributed by atoms with E-state index in [1.807, 2.05) is 30.3 Å². The van der Waals surface area contributed by atoms with Crippen LogP contribution in [-0.2, 0) is 12.8 Å². The quantitative estimate of drug-likeness (QED) is 0.359. The first kappa shape index (κ1) is 17.6. The fraction of sp³-hybridized carbons (Fsp3) is 0.400. The molecule has 0 saturated heterocycles. The Morgan fingerprint density at radius 2 is 2.00 bits per heavy atom. The van der Waals surface area contributed by atoms with Gasteiger partial charge in [-0.15, -0.1) is 11.3 Å². The minimum Gasteiger partial charge on any atom is -0.494 e. The Bertz CT molecular complexity index is 934. The van der Waals surface area contributed by atoms with Crippen LogP contribution in [0.5, 0.6) is 5.75 Å². The molecule has 0 bridgehead atoms. The van der Waals surface area contributed by atoms with Crippen molar-refractivity contribution in [2.75, 3.05) is 12.4 Å². The number of nitrogens with one attached hydrogen (secondary N) is 1. The molecule has 2 aromatic heterocycles. The van der Waals surface area contributed by atoms with E-state index < -0.39 is 0 Å². The molecule has 3 aromatic rings. The second-order valence-electron chi connectivity index (χ2n) is 6.48. The molecule has 0 radical (unpaired) electrons. The van der Waals surface area contributed by atoms with E-state index in [1.54, 1.807) is 23.1 Å². The molecular formula is C20H22N2O2S2. The topological polar surface area (TPSA) is 55.0 Å². The number of unbranched alkanes of at least 4 members (excludes halogenated alkanes) is 1. The molecule has 0 aliphatic heterocycles. The average molecular weight is 387 g/mol. The molecule has 0 fully saturated rings. The van der Waals surface area contributed by atoms with Gasteiger partial charge < -0.3 is 9.72 Å². The Labute approximate surface area is 161 Å². The summed E-state index contributed by atoms with van der Waals surface area (Å²) < 4.78 is 5.70. The van der Waals surface area contributed by atoms with Crippen molar-refractivity contribution >= 4 is 33.3 Å². The minimum atomic E-state index is 0.0318. The summed E-state index contributed by atoms with van der Waals surface area (Å²) in [7, 11) is 0. The molecule has 6 heteroatoms. The zero-order chi connectivity index (χ0) is 17.8. The number of H-pyrrole nitrogens is 1. The van der Waals surface area contributed by atoms with Gasteiger partial charge in [0.05, 0.1) is 12.0 Å². The number of hydrogen-bond acceptors (Lipinski definition) is 5. The van der Waals surface area contributed by atoms with Gasteiger partial charge in [0.1, 0.15) is 10.6 Å². The van der Waals surface area contributed by atoms with Crippen molar-refractivity contribution in [3.05, 3.63) is 51.1 Å². The highest BCUT2D eigenvalue weighted by Gasteiger charge is 2.19. The molecule has 0 saturated carbocycles. The molecule has 1 aliphatic carbocycles. The van der Waals surface area contributed by atoms with Crippen LogP contribution in [0.4, 0.5) is 0 Å². The fourth-order valence-corrected chi connectivity index (χ4v) is 5.47. The second-order valence-corrected chi connectivity index (χ2v) is 8.65. The third kappa shape index (κ3) is 3.96. The number of fused-ring (bicyclic) bond motifs is 3. The number of ether oxygens (including phenoxy) is 1. The molecule has 2 heterocycles. The lowest BCUT2D eigenvalue weighted by molar-refractivity contribution is 0.310. The number of thioether (sulfide) groups is 1. The van der Waals surface area contributed by atoms with Crippen LogP contribution in [-0.4, -0.2) is 22.3 Å². The van der Waals surface area contributed by atoms with E-state index >= 15 is 0 Å². The van der Waals surface area contributed by atoms with E-state index in [9.17, 15) is 4.79 Å². The molecule has 0 unspecified atom stereocenters. The first-order valence-electron chi connectivity index (χ1n) is 9.16. The number of rotatable bonds is 7. The van der Waals surface area contributed by atoms with Crippen LogP contribution in [0, 0.1) is 0 Å². The second kappa shape index (κ2) is 8.27. The molecule has 1 aliphatic rings. The van der Waals surface area contributed by atoms with E-state index in [2.05, 4.69) is 4.98 Å². The van der Waals surface area contributed by atoms with Crippen LogP contribution < -0.4 is 10.3 Å². The Morgan fingerprint density at radius 3 is 2.88 bits per heavy atom. The van der Waals surface area contributed by atoms with Crippen LogP contribution in [0.25, 0.3) is 10.2 Å². The predicted molar refractivity (Wildman–Crippen MR) is 109 cm³/mol. The predicted octanol–water partition coefficient (Wildman–Crippen LogP) is 4.81. The Kier molecular flexibility index (Phi) is 5.60. The molecule has 1 N–H and O–H groups in total. The van der Waals surface area contributed by atoms with Gasteiger partial charge in [-0.3, -0.25) is 4.79 Å². The number of aryl methyl sites for hydroxylation is 2. The Balaban J connectivity index is 1.31. The van der Waals surface area contributed by atoms with Crippen molar-refractivity contribution in [2.24, 2.45) is 0 Å². The third-order valence-corrected chi connectivity index (χ3v) is 6.74. The monoisotopic (exact) mass is 386 g/mol. The van der Waals surface area contributed by atoms with Crippen molar-refractivity contribution in [3.63, 3.8) is 0 Å². The van der Waals surface area contributed by atoms with Gasteiger partial charge in [0, 0.05) is 10.6 Å². The van der Waals surface area contributed by atoms with E-state index in [4.69, 9.17) is 9.72 Å². The van der Waals surface area contributed by atoms with E-state index in [0.29, 0.717) is 6.61 Å². The van der Waals surface area contributed by atoms with Crippen LogP contribution in [0.15, 0.2) is 40.3 Å². The molecule has 26 heavy (non-hydrogen) atoms. The highest BCUT2D eigenvalue weighted by atomic mass is 32.2. The van der Waals surface area contributed by atoms with E-state index in [-0.39, 0.29) is 5.56 Å². The number of aromatic nitrogens is 2. The first-order valence-corrected chi connectivity index (χ1v) is 11.0. The molecule has 0 amide bonds. The lowest BCUT2D eigenvalue weighted by Gasteiger charge is -2.09. The van der Waals surface area contributed by atoms with Gasteiger partial charge in [-0.2, -0.15) is 0 Å². The lowest BCUT2D eigenvalue weighted by atomic mass is 9.97. The van der Waals surface area contributed by atoms with Gasteiger partial charge in [0.2, 0.25) is 0 Å². The summed E-state index contributed by atoms with van der Waals surface area (Å²) in [5, 5.41) is 1.58. The van der Waals surface area contributed by atoms with E-state index in [0.717, 1.165) is 52.6 Å². The molecule has 4 nitrogen and oxygen atoms in total. The molecule has 0 spiro atoms.